The number of nitrogens with two attached hydrogens (primary N) is 1. The van der Waals surface area contributed by atoms with Crippen LogP contribution < -0.4 is 16.0 Å². The molecule has 0 spiro atoms. The average molecular weight is 484 g/mol. The van der Waals surface area contributed by atoms with Crippen molar-refractivity contribution in [3.05, 3.63) is 96.1 Å². The summed E-state index contributed by atoms with van der Waals surface area (Å²) < 4.78 is 0. The van der Waals surface area contributed by atoms with E-state index in [0.29, 0.717) is 11.6 Å². The first-order chi connectivity index (χ1) is 17.0. The van der Waals surface area contributed by atoms with Crippen LogP contribution in [0.25, 0.3) is 10.9 Å². The van der Waals surface area contributed by atoms with Gasteiger partial charge in [-0.1, -0.05) is 92.7 Å². The molecule has 5 nitrogen and oxygen atoms in total. The van der Waals surface area contributed by atoms with Gasteiger partial charge < -0.3 is 16.0 Å². The fourth-order valence-electron chi connectivity index (χ4n) is 3.76. The molecule has 0 aliphatic heterocycles. The Morgan fingerprint density at radius 1 is 0.914 bits per heavy atom. The van der Waals surface area contributed by atoms with Crippen LogP contribution in [0.5, 0.6) is 0 Å². The summed E-state index contributed by atoms with van der Waals surface area (Å²) in [4.78, 5) is 10.6. The number of fused-ring (bicyclic) bond motifs is 1. The van der Waals surface area contributed by atoms with Gasteiger partial charge in [0.05, 0.1) is 22.1 Å². The van der Waals surface area contributed by atoms with Gasteiger partial charge in [0.1, 0.15) is 0 Å². The van der Waals surface area contributed by atoms with Crippen molar-refractivity contribution in [2.24, 2.45) is 10.9 Å². The molecule has 1 heterocycles. The lowest BCUT2D eigenvalue weighted by Gasteiger charge is -2.27. The van der Waals surface area contributed by atoms with Crippen LogP contribution in [0.1, 0.15) is 25.0 Å². The number of benzene rings is 3. The first-order valence-corrected chi connectivity index (χ1v) is 12.1. The molecular weight excluding hydrogens is 450 g/mol. The fraction of sp³-hybridized carbons (Fsp3) is 0.241. The number of anilines is 3. The monoisotopic (exact) mass is 483 g/mol. The quantitative estimate of drug-likeness (QED) is 0.213. The average Bonchev–Trinajstić information content (AvgIpc) is 2.89. The molecule has 35 heavy (non-hydrogen) atoms. The maximum Gasteiger partial charge on any atom is 0.155 e. The first-order valence-electron chi connectivity index (χ1n) is 11.7. The molecule has 3 N–H and O–H groups in total. The van der Waals surface area contributed by atoms with Gasteiger partial charge in [-0.05, 0) is 35.3 Å². The second-order valence-corrected chi connectivity index (χ2v) is 8.84. The van der Waals surface area contributed by atoms with Gasteiger partial charge >= 0.3 is 0 Å². The number of para-hydroxylation sites is 1. The van der Waals surface area contributed by atoms with Crippen molar-refractivity contribution in [1.82, 2.24) is 4.98 Å². The highest BCUT2D eigenvalue weighted by atomic mass is 32.1. The summed E-state index contributed by atoms with van der Waals surface area (Å²) in [5.74, 6) is 1.33. The SMILES string of the molecule is CC(C)CNc1c(N)c(N(Cc2ccccc2)Cc2ccccc2)nc2ccccc12.CN=C=S. The van der Waals surface area contributed by atoms with Crippen molar-refractivity contribution in [3.63, 3.8) is 0 Å². The van der Waals surface area contributed by atoms with Crippen molar-refractivity contribution in [2.75, 3.05) is 29.5 Å². The van der Waals surface area contributed by atoms with E-state index in [4.69, 9.17) is 10.7 Å². The Kier molecular flexibility index (Phi) is 9.79. The lowest BCUT2D eigenvalue weighted by Crippen LogP contribution is -2.25. The van der Waals surface area contributed by atoms with Crippen molar-refractivity contribution in [1.29, 1.82) is 0 Å². The summed E-state index contributed by atoms with van der Waals surface area (Å²) in [5, 5.41) is 6.78. The fourth-order valence-corrected chi connectivity index (χ4v) is 3.76. The minimum Gasteiger partial charge on any atom is -0.394 e. The van der Waals surface area contributed by atoms with E-state index in [1.54, 1.807) is 7.05 Å². The van der Waals surface area contributed by atoms with Crippen LogP contribution in [0.2, 0.25) is 0 Å². The summed E-state index contributed by atoms with van der Waals surface area (Å²) >= 11 is 4.14. The zero-order chi connectivity index (χ0) is 25.0. The smallest absolute Gasteiger partial charge is 0.155 e. The van der Waals surface area contributed by atoms with Crippen LogP contribution in [0.3, 0.4) is 0 Å². The highest BCUT2D eigenvalue weighted by Gasteiger charge is 2.19. The highest BCUT2D eigenvalue weighted by Crippen LogP contribution is 2.37. The van der Waals surface area contributed by atoms with Crippen molar-refractivity contribution >= 4 is 45.5 Å². The van der Waals surface area contributed by atoms with Gasteiger partial charge in [-0.3, -0.25) is 0 Å². The number of nitrogen functional groups attached to an aromatic ring is 1. The van der Waals surface area contributed by atoms with Crippen LogP contribution in [0, 0.1) is 5.92 Å². The molecule has 0 radical (unpaired) electrons. The molecule has 0 unspecified atom stereocenters. The summed E-state index contributed by atoms with van der Waals surface area (Å²) in [5.41, 5.74) is 11.9. The van der Waals surface area contributed by atoms with Gasteiger partial charge in [-0.2, -0.15) is 0 Å². The molecule has 0 saturated heterocycles. The maximum atomic E-state index is 6.78. The number of hydrogen-bond acceptors (Lipinski definition) is 6. The summed E-state index contributed by atoms with van der Waals surface area (Å²) in [6.45, 7) is 6.72. The summed E-state index contributed by atoms with van der Waals surface area (Å²) in [6.07, 6.45) is 0. The molecule has 4 rings (SSSR count). The van der Waals surface area contributed by atoms with Crippen LogP contribution in [0.4, 0.5) is 17.2 Å². The second kappa shape index (κ2) is 13.2. The van der Waals surface area contributed by atoms with Gasteiger partial charge in [-0.25, -0.2) is 9.98 Å². The Bertz CT molecular complexity index is 1210. The molecule has 0 amide bonds. The van der Waals surface area contributed by atoms with Crippen LogP contribution >= 0.6 is 12.2 Å². The molecule has 0 bridgehead atoms. The van der Waals surface area contributed by atoms with Gasteiger partial charge in [0.15, 0.2) is 5.82 Å². The standard InChI is InChI=1S/C27H30N4.C2H3NS/c1-20(2)17-29-26-23-15-9-10-16-24(23)30-27(25(26)28)31(18-21-11-5-3-6-12-21)19-22-13-7-4-8-14-22;1-3-2-4/h3-16,20H,17-19,28H2,1-2H3,(H,29,30);1H3. The normalized spacial score (nSPS) is 10.3. The molecule has 0 atom stereocenters. The van der Waals surface area contributed by atoms with E-state index in [-0.39, 0.29) is 0 Å². The first kappa shape index (κ1) is 25.9. The molecule has 0 aliphatic carbocycles. The molecule has 3 aromatic carbocycles. The van der Waals surface area contributed by atoms with Gasteiger partial charge in [-0.15, -0.1) is 0 Å². The van der Waals surface area contributed by atoms with Gasteiger partial charge in [0.2, 0.25) is 0 Å². The molecular formula is C29H33N5S. The Balaban J connectivity index is 0.000000795. The number of rotatable bonds is 8. The third-order valence-electron chi connectivity index (χ3n) is 5.42. The lowest BCUT2D eigenvalue weighted by atomic mass is 10.1. The number of aliphatic imine (C=N–C) groups is 1. The summed E-state index contributed by atoms with van der Waals surface area (Å²) in [7, 11) is 1.59. The molecule has 1 aromatic heterocycles. The molecule has 0 aliphatic rings. The zero-order valence-corrected chi connectivity index (χ0v) is 21.4. The number of aromatic nitrogens is 1. The number of nitrogens with zero attached hydrogens (tertiary/aromatic N) is 3. The van der Waals surface area contributed by atoms with E-state index in [0.717, 1.165) is 42.0 Å². The molecule has 180 valence electrons. The predicted octanol–water partition coefficient (Wildman–Crippen LogP) is 6.81. The largest absolute Gasteiger partial charge is 0.394 e. The predicted molar refractivity (Wildman–Crippen MR) is 153 cm³/mol. The topological polar surface area (TPSA) is 66.5 Å². The van der Waals surface area contributed by atoms with Crippen LogP contribution in [-0.2, 0) is 13.1 Å². The number of pyridine rings is 1. The third kappa shape index (κ3) is 7.38. The summed E-state index contributed by atoms with van der Waals surface area (Å²) in [6, 6.07) is 29.2. The molecule has 6 heteroatoms. The minimum atomic E-state index is 0.513. The Morgan fingerprint density at radius 3 is 1.94 bits per heavy atom. The van der Waals surface area contributed by atoms with E-state index in [1.807, 2.05) is 24.3 Å². The number of isothiocyanates is 1. The van der Waals surface area contributed by atoms with Crippen molar-refractivity contribution in [3.8, 4) is 0 Å². The minimum absolute atomic E-state index is 0.513. The number of nitrogens with one attached hydrogen (secondary N) is 1. The number of thiocarbonyl (C=S) groups is 1. The van der Waals surface area contributed by atoms with E-state index < -0.39 is 0 Å². The molecule has 4 aromatic rings. The molecule has 0 fully saturated rings. The van der Waals surface area contributed by atoms with Crippen LogP contribution in [0.15, 0.2) is 89.9 Å². The van der Waals surface area contributed by atoms with Gasteiger partial charge in [0.25, 0.3) is 0 Å². The third-order valence-corrected chi connectivity index (χ3v) is 5.60. The van der Waals surface area contributed by atoms with E-state index >= 15 is 0 Å². The van der Waals surface area contributed by atoms with E-state index in [9.17, 15) is 0 Å². The number of hydrogen-bond donors (Lipinski definition) is 2. The molecule has 0 saturated carbocycles. The van der Waals surface area contributed by atoms with E-state index in [1.165, 1.54) is 11.1 Å². The van der Waals surface area contributed by atoms with Crippen LogP contribution in [-0.4, -0.2) is 23.7 Å². The maximum absolute atomic E-state index is 6.78. The van der Waals surface area contributed by atoms with Crippen molar-refractivity contribution < 1.29 is 0 Å². The zero-order valence-electron chi connectivity index (χ0n) is 20.6. The van der Waals surface area contributed by atoms with Crippen molar-refractivity contribution in [2.45, 2.75) is 26.9 Å². The van der Waals surface area contributed by atoms with Gasteiger partial charge in [0, 0.05) is 32.1 Å². The Morgan fingerprint density at radius 2 is 1.43 bits per heavy atom. The lowest BCUT2D eigenvalue weighted by molar-refractivity contribution is 0.689. The Labute approximate surface area is 213 Å². The highest BCUT2D eigenvalue weighted by molar-refractivity contribution is 7.78. The van der Waals surface area contributed by atoms with E-state index in [2.05, 4.69) is 107 Å². The second-order valence-electron chi connectivity index (χ2n) is 8.66. The Hall–Kier alpha value is -3.73.